The second-order valence-electron chi connectivity index (χ2n) is 8.10. The molecule has 1 aliphatic heterocycles. The highest BCUT2D eigenvalue weighted by molar-refractivity contribution is 5.57. The molecule has 0 spiro atoms. The van der Waals surface area contributed by atoms with Crippen LogP contribution in [0, 0.1) is 20.2 Å². The second-order valence-corrected chi connectivity index (χ2v) is 8.10. The van der Waals surface area contributed by atoms with Crippen LogP contribution in [0.2, 0.25) is 0 Å². The number of nitrogens with zero attached hydrogens (tertiary/aromatic N) is 8. The summed E-state index contributed by atoms with van der Waals surface area (Å²) in [7, 11) is 5.00. The van der Waals surface area contributed by atoms with E-state index in [0.717, 1.165) is 23.2 Å². The fraction of sp³-hybridized carbons (Fsp3) is 0.400. The molecule has 1 aliphatic rings. The summed E-state index contributed by atoms with van der Waals surface area (Å²) in [6.45, 7) is 1.80. The molecule has 192 valence electrons. The summed E-state index contributed by atoms with van der Waals surface area (Å²) in [5.74, 6) is 0. The van der Waals surface area contributed by atoms with E-state index in [1.54, 1.807) is 12.4 Å². The van der Waals surface area contributed by atoms with Crippen molar-refractivity contribution in [2.75, 3.05) is 26.2 Å². The molecule has 3 heterocycles. The molecule has 0 atom stereocenters. The van der Waals surface area contributed by atoms with E-state index in [0.29, 0.717) is 35.3 Å². The van der Waals surface area contributed by atoms with E-state index in [2.05, 4.69) is 0 Å². The van der Waals surface area contributed by atoms with Gasteiger partial charge in [0.15, 0.2) is 0 Å². The van der Waals surface area contributed by atoms with Crippen molar-refractivity contribution in [3.05, 3.63) is 85.7 Å². The van der Waals surface area contributed by atoms with Gasteiger partial charge < -0.3 is 9.80 Å². The van der Waals surface area contributed by atoms with Crippen molar-refractivity contribution in [2.45, 2.75) is 0 Å². The average molecular weight is 504 g/mol. The Hall–Kier alpha value is -4.76. The van der Waals surface area contributed by atoms with Crippen molar-refractivity contribution in [1.82, 2.24) is 28.1 Å². The van der Waals surface area contributed by atoms with Crippen molar-refractivity contribution < 1.29 is 9.85 Å². The Labute approximate surface area is 202 Å². The molecule has 3 rings (SSSR count). The normalized spacial score (nSPS) is 14.2. The molecule has 2 aromatic heterocycles. The van der Waals surface area contributed by atoms with Crippen LogP contribution in [0.15, 0.2) is 31.6 Å². The van der Waals surface area contributed by atoms with Gasteiger partial charge in [0.05, 0.1) is 9.85 Å². The molecule has 0 saturated carbocycles. The lowest BCUT2D eigenvalue weighted by Gasteiger charge is -2.33. The SMILES string of the molecule is Cn1c(/C=C\N2CCN(/C=C/c3c([N+](=O)[O-])c(=O)n(C)c(=O)n3C)CC2)c([N+](=O)[O-])c(=O)n(C)c1=O. The molecule has 0 aromatic carbocycles. The quantitative estimate of drug-likeness (QED) is 0.334. The molecule has 0 aliphatic carbocycles. The van der Waals surface area contributed by atoms with Gasteiger partial charge in [0.1, 0.15) is 11.4 Å². The summed E-state index contributed by atoms with van der Waals surface area (Å²) in [5.41, 5.74) is -5.08. The van der Waals surface area contributed by atoms with E-state index in [1.165, 1.54) is 26.2 Å². The van der Waals surface area contributed by atoms with Gasteiger partial charge in [-0.2, -0.15) is 0 Å². The lowest BCUT2D eigenvalue weighted by molar-refractivity contribution is -0.387. The van der Waals surface area contributed by atoms with E-state index in [4.69, 9.17) is 0 Å². The highest BCUT2D eigenvalue weighted by Crippen LogP contribution is 2.15. The first kappa shape index (κ1) is 25.9. The zero-order valence-electron chi connectivity index (χ0n) is 20.0. The molecule has 0 radical (unpaired) electrons. The van der Waals surface area contributed by atoms with Gasteiger partial charge in [0.2, 0.25) is 0 Å². The predicted octanol–water partition coefficient (Wildman–Crippen LogP) is -1.44. The highest BCUT2D eigenvalue weighted by atomic mass is 16.6. The van der Waals surface area contributed by atoms with Crippen molar-refractivity contribution in [2.24, 2.45) is 28.2 Å². The molecule has 16 heteroatoms. The largest absolute Gasteiger partial charge is 0.374 e. The summed E-state index contributed by atoms with van der Waals surface area (Å²) in [5, 5.41) is 22.8. The molecule has 36 heavy (non-hydrogen) atoms. The third-order valence-corrected chi connectivity index (χ3v) is 5.97. The first-order chi connectivity index (χ1) is 16.9. The van der Waals surface area contributed by atoms with Crippen LogP contribution in [0.1, 0.15) is 11.4 Å². The molecule has 0 amide bonds. The van der Waals surface area contributed by atoms with E-state index >= 15 is 0 Å². The van der Waals surface area contributed by atoms with Crippen LogP contribution in [-0.2, 0) is 28.2 Å². The van der Waals surface area contributed by atoms with Crippen LogP contribution in [0.4, 0.5) is 11.4 Å². The lowest BCUT2D eigenvalue weighted by atomic mass is 10.2. The number of rotatable bonds is 6. The lowest BCUT2D eigenvalue weighted by Crippen LogP contribution is -2.42. The Bertz CT molecular complexity index is 1420. The van der Waals surface area contributed by atoms with Crippen molar-refractivity contribution in [3.8, 4) is 0 Å². The monoisotopic (exact) mass is 504 g/mol. The Kier molecular flexibility index (Phi) is 7.07. The predicted molar refractivity (Wildman–Crippen MR) is 128 cm³/mol. The van der Waals surface area contributed by atoms with Crippen LogP contribution in [0.25, 0.3) is 12.2 Å². The maximum absolute atomic E-state index is 12.2. The van der Waals surface area contributed by atoms with E-state index < -0.39 is 43.7 Å². The third-order valence-electron chi connectivity index (χ3n) is 5.97. The zero-order chi connectivity index (χ0) is 26.9. The van der Waals surface area contributed by atoms with Crippen LogP contribution >= 0.6 is 0 Å². The molecule has 0 unspecified atom stereocenters. The molecule has 0 N–H and O–H groups in total. The standard InChI is InChI=1S/C20H24N8O8/c1-21-13(15(27(33)34)17(29)23(3)19(21)31)5-7-25-9-11-26(12-10-25)8-6-14-16(28(35)36)18(30)24(4)20(32)22(14)2/h5-8H,9-12H2,1-4H3/b7-5-,8-6+. The second kappa shape index (κ2) is 9.85. The van der Waals surface area contributed by atoms with Crippen LogP contribution in [-0.4, -0.2) is 64.1 Å². The Morgan fingerprint density at radius 1 is 0.611 bits per heavy atom. The third kappa shape index (κ3) is 4.59. The van der Waals surface area contributed by atoms with E-state index in [-0.39, 0.29) is 11.4 Å². The highest BCUT2D eigenvalue weighted by Gasteiger charge is 2.25. The Balaban J connectivity index is 1.80. The van der Waals surface area contributed by atoms with Crippen molar-refractivity contribution in [3.63, 3.8) is 0 Å². The van der Waals surface area contributed by atoms with Gasteiger partial charge in [-0.15, -0.1) is 0 Å². The number of aromatic nitrogens is 4. The summed E-state index contributed by atoms with van der Waals surface area (Å²) in [6, 6.07) is 0. The van der Waals surface area contributed by atoms with Crippen LogP contribution < -0.4 is 22.5 Å². The van der Waals surface area contributed by atoms with Crippen molar-refractivity contribution >= 4 is 23.5 Å². The zero-order valence-corrected chi connectivity index (χ0v) is 20.0. The van der Waals surface area contributed by atoms with Crippen LogP contribution in [0.3, 0.4) is 0 Å². The first-order valence-electron chi connectivity index (χ1n) is 10.6. The molecular formula is C20H24N8O8. The summed E-state index contributed by atoms with van der Waals surface area (Å²) >= 11 is 0. The topological polar surface area (TPSA) is 181 Å². The molecule has 2 aromatic rings. The molecule has 1 fully saturated rings. The smallest absolute Gasteiger partial charge is 0.357 e. The number of piperazine rings is 1. The van der Waals surface area contributed by atoms with Crippen molar-refractivity contribution in [1.29, 1.82) is 0 Å². The van der Waals surface area contributed by atoms with Crippen LogP contribution in [0.5, 0.6) is 0 Å². The minimum atomic E-state index is -1.00. The minimum absolute atomic E-state index is 0.130. The maximum Gasteiger partial charge on any atom is 0.357 e. The Morgan fingerprint density at radius 2 is 0.917 bits per heavy atom. The molecule has 0 bridgehead atoms. The molecule has 16 nitrogen and oxygen atoms in total. The van der Waals surface area contributed by atoms with Gasteiger partial charge in [0.25, 0.3) is 0 Å². The molecule has 1 saturated heterocycles. The minimum Gasteiger partial charge on any atom is -0.374 e. The van der Waals surface area contributed by atoms with E-state index in [1.807, 2.05) is 9.80 Å². The molecular weight excluding hydrogens is 480 g/mol. The van der Waals surface area contributed by atoms with Gasteiger partial charge >= 0.3 is 33.9 Å². The van der Waals surface area contributed by atoms with E-state index in [9.17, 15) is 39.4 Å². The summed E-state index contributed by atoms with van der Waals surface area (Å²) in [4.78, 5) is 73.6. The number of hydrogen-bond acceptors (Lipinski definition) is 10. The Morgan fingerprint density at radius 3 is 1.19 bits per heavy atom. The van der Waals surface area contributed by atoms with Gasteiger partial charge in [-0.25, -0.2) is 9.59 Å². The van der Waals surface area contributed by atoms with Gasteiger partial charge in [-0.3, -0.25) is 48.1 Å². The van der Waals surface area contributed by atoms with Gasteiger partial charge in [-0.1, -0.05) is 0 Å². The summed E-state index contributed by atoms with van der Waals surface area (Å²) < 4.78 is 3.39. The number of hydrogen-bond donors (Lipinski definition) is 0. The average Bonchev–Trinajstić information content (AvgIpc) is 2.84. The fourth-order valence-corrected chi connectivity index (χ4v) is 3.80. The van der Waals surface area contributed by atoms with Gasteiger partial charge in [-0.05, 0) is 12.2 Å². The van der Waals surface area contributed by atoms with Gasteiger partial charge in [0, 0.05) is 66.8 Å². The first-order valence-corrected chi connectivity index (χ1v) is 10.6. The summed E-state index contributed by atoms with van der Waals surface area (Å²) in [6.07, 6.45) is 5.78. The maximum atomic E-state index is 12.2. The number of nitro groups is 2. The fourth-order valence-electron chi connectivity index (χ4n) is 3.80.